The lowest BCUT2D eigenvalue weighted by molar-refractivity contribution is -0.142. The average Bonchev–Trinajstić information content (AvgIpc) is 2.90. The zero-order valence-electron chi connectivity index (χ0n) is 19.8. The van der Waals surface area contributed by atoms with Crippen molar-refractivity contribution >= 4 is 17.4 Å². The number of benzene rings is 2. The van der Waals surface area contributed by atoms with Crippen LogP contribution >= 0.6 is 0 Å². The molecular weight excluding hydrogens is 442 g/mol. The molecule has 0 bridgehead atoms. The van der Waals surface area contributed by atoms with Crippen molar-refractivity contribution in [2.75, 3.05) is 18.0 Å². The van der Waals surface area contributed by atoms with Crippen LogP contribution in [0.2, 0.25) is 0 Å². The van der Waals surface area contributed by atoms with Crippen molar-refractivity contribution in [3.63, 3.8) is 0 Å². The minimum absolute atomic E-state index is 0.0420. The molecule has 1 aliphatic rings. The molecule has 7 nitrogen and oxygen atoms in total. The Morgan fingerprint density at radius 3 is 2.46 bits per heavy atom. The maximum Gasteiger partial charge on any atom is 0.306 e. The van der Waals surface area contributed by atoms with Crippen LogP contribution in [-0.4, -0.2) is 45.2 Å². The molecule has 0 radical (unpaired) electrons. The monoisotopic (exact) mass is 473 g/mol. The van der Waals surface area contributed by atoms with Crippen LogP contribution in [0.5, 0.6) is 0 Å². The molecule has 3 aromatic rings. The fourth-order valence-corrected chi connectivity index (χ4v) is 4.84. The Labute approximate surface area is 205 Å². The van der Waals surface area contributed by atoms with Crippen LogP contribution in [0.15, 0.2) is 72.0 Å². The average molecular weight is 474 g/mol. The topological polar surface area (TPSA) is 106 Å². The van der Waals surface area contributed by atoms with E-state index in [1.807, 2.05) is 12.1 Å². The van der Waals surface area contributed by atoms with Gasteiger partial charge in [0.1, 0.15) is 0 Å². The summed E-state index contributed by atoms with van der Waals surface area (Å²) >= 11 is 0. The first-order valence-corrected chi connectivity index (χ1v) is 11.9. The van der Waals surface area contributed by atoms with E-state index in [0.29, 0.717) is 30.7 Å². The molecule has 1 fully saturated rings. The van der Waals surface area contributed by atoms with E-state index in [4.69, 9.17) is 0 Å². The van der Waals surface area contributed by atoms with Crippen LogP contribution in [0.1, 0.15) is 53.1 Å². The summed E-state index contributed by atoms with van der Waals surface area (Å²) in [5.74, 6) is -1.01. The maximum absolute atomic E-state index is 11.3. The predicted octanol–water partition coefficient (Wildman–Crippen LogP) is 4.58. The van der Waals surface area contributed by atoms with Crippen LogP contribution in [0, 0.1) is 12.8 Å². The van der Waals surface area contributed by atoms with Crippen molar-refractivity contribution < 1.29 is 20.2 Å². The number of aromatic nitrogens is 1. The van der Waals surface area contributed by atoms with Crippen LogP contribution in [0.4, 0.5) is 5.69 Å². The van der Waals surface area contributed by atoms with Gasteiger partial charge in [-0.15, -0.1) is 0 Å². The van der Waals surface area contributed by atoms with E-state index >= 15 is 0 Å². The Hall–Kier alpha value is -3.71. The van der Waals surface area contributed by atoms with Gasteiger partial charge in [0.05, 0.1) is 23.9 Å². The summed E-state index contributed by atoms with van der Waals surface area (Å²) in [5.41, 5.74) is 6.26. The number of aliphatic hydroxyl groups excluding tert-OH is 1. The summed E-state index contributed by atoms with van der Waals surface area (Å²) in [6.45, 7) is 3.36. The highest BCUT2D eigenvalue weighted by Gasteiger charge is 2.25. The summed E-state index contributed by atoms with van der Waals surface area (Å²) in [4.78, 5) is 17.6. The SMILES string of the molecule is Cc1ccccc1C(C/C(=N/O)c1ccnc(CO)c1)c1ccc(N2CCC(C(=O)O)CC2)cc1. The van der Waals surface area contributed by atoms with E-state index in [2.05, 4.69) is 58.4 Å². The number of rotatable bonds is 8. The Kier molecular flexibility index (Phi) is 7.77. The first kappa shape index (κ1) is 24.4. The van der Waals surface area contributed by atoms with Gasteiger partial charge in [0.2, 0.25) is 0 Å². The van der Waals surface area contributed by atoms with E-state index < -0.39 is 5.97 Å². The molecule has 0 spiro atoms. The molecule has 1 unspecified atom stereocenters. The van der Waals surface area contributed by atoms with Gasteiger partial charge in [0.25, 0.3) is 0 Å². The van der Waals surface area contributed by atoms with E-state index in [1.54, 1.807) is 18.3 Å². The van der Waals surface area contributed by atoms with Crippen LogP contribution in [-0.2, 0) is 11.4 Å². The second-order valence-electron chi connectivity index (χ2n) is 9.05. The summed E-state index contributed by atoms with van der Waals surface area (Å²) in [7, 11) is 0. The van der Waals surface area contributed by atoms with Crippen molar-refractivity contribution in [3.05, 3.63) is 94.8 Å². The third kappa shape index (κ3) is 5.69. The highest BCUT2D eigenvalue weighted by molar-refractivity contribution is 6.01. The molecule has 4 rings (SSSR count). The largest absolute Gasteiger partial charge is 0.481 e. The number of aliphatic carboxylic acids is 1. The van der Waals surface area contributed by atoms with Gasteiger partial charge < -0.3 is 20.3 Å². The Balaban J connectivity index is 1.61. The standard InChI is InChI=1S/C28H31N3O4/c1-19-4-2-3-5-25(19)26(17-27(30-35)22-10-13-29-23(16-22)18-32)20-6-8-24(9-7-20)31-14-11-21(12-15-31)28(33)34/h2-10,13,16,21,26,32,35H,11-12,14-15,17-18H2,1H3,(H,33,34)/b30-27-. The van der Waals surface area contributed by atoms with Gasteiger partial charge in [0.15, 0.2) is 0 Å². The second-order valence-corrected chi connectivity index (χ2v) is 9.05. The predicted molar refractivity (Wildman–Crippen MR) is 135 cm³/mol. The van der Waals surface area contributed by atoms with Crippen molar-refractivity contribution in [1.82, 2.24) is 4.98 Å². The molecule has 0 aliphatic carbocycles. The number of pyridine rings is 1. The van der Waals surface area contributed by atoms with Gasteiger partial charge in [-0.1, -0.05) is 41.6 Å². The van der Waals surface area contributed by atoms with Crippen molar-refractivity contribution in [3.8, 4) is 0 Å². The molecule has 182 valence electrons. The second kappa shape index (κ2) is 11.1. The molecule has 1 atom stereocenters. The van der Waals surface area contributed by atoms with Crippen LogP contribution in [0.3, 0.4) is 0 Å². The molecular formula is C28H31N3O4. The molecule has 1 aliphatic heterocycles. The van der Waals surface area contributed by atoms with Crippen LogP contribution in [0.25, 0.3) is 0 Å². The van der Waals surface area contributed by atoms with Crippen molar-refractivity contribution in [2.45, 2.75) is 38.7 Å². The first-order chi connectivity index (χ1) is 17.0. The minimum atomic E-state index is -0.706. The fraction of sp³-hybridized carbons (Fsp3) is 0.321. The number of nitrogens with zero attached hydrogens (tertiary/aromatic N) is 3. The number of aliphatic hydroxyl groups is 1. The third-order valence-corrected chi connectivity index (χ3v) is 6.90. The number of aryl methyl sites for hydroxylation is 1. The molecule has 2 heterocycles. The third-order valence-electron chi connectivity index (χ3n) is 6.90. The van der Waals surface area contributed by atoms with E-state index in [-0.39, 0.29) is 18.4 Å². The smallest absolute Gasteiger partial charge is 0.306 e. The lowest BCUT2D eigenvalue weighted by atomic mass is 9.83. The zero-order valence-corrected chi connectivity index (χ0v) is 19.8. The van der Waals surface area contributed by atoms with Crippen molar-refractivity contribution in [1.29, 1.82) is 0 Å². The number of carbonyl (C=O) groups is 1. The number of carboxylic acids is 1. The molecule has 1 aromatic heterocycles. The molecule has 7 heteroatoms. The summed E-state index contributed by atoms with van der Waals surface area (Å²) in [5, 5.41) is 32.2. The lowest BCUT2D eigenvalue weighted by Crippen LogP contribution is -2.36. The highest BCUT2D eigenvalue weighted by Crippen LogP contribution is 2.33. The minimum Gasteiger partial charge on any atom is -0.481 e. The highest BCUT2D eigenvalue weighted by atomic mass is 16.4. The van der Waals surface area contributed by atoms with Gasteiger partial charge in [-0.25, -0.2) is 0 Å². The molecule has 35 heavy (non-hydrogen) atoms. The fourth-order valence-electron chi connectivity index (χ4n) is 4.84. The summed E-state index contributed by atoms with van der Waals surface area (Å²) in [6, 6.07) is 20.1. The number of piperidine rings is 1. The molecule has 2 aromatic carbocycles. The van der Waals surface area contributed by atoms with Gasteiger partial charge in [0, 0.05) is 42.9 Å². The van der Waals surface area contributed by atoms with Crippen molar-refractivity contribution in [2.24, 2.45) is 11.1 Å². The van der Waals surface area contributed by atoms with Gasteiger partial charge in [-0.3, -0.25) is 9.78 Å². The molecule has 1 saturated heterocycles. The van der Waals surface area contributed by atoms with Gasteiger partial charge in [-0.05, 0) is 60.7 Å². The van der Waals surface area contributed by atoms with Gasteiger partial charge >= 0.3 is 5.97 Å². The maximum atomic E-state index is 11.3. The Bertz CT molecular complexity index is 1180. The van der Waals surface area contributed by atoms with Gasteiger partial charge in [-0.2, -0.15) is 0 Å². The quantitative estimate of drug-likeness (QED) is 0.251. The number of carboxylic acid groups (broad SMARTS) is 1. The molecule has 3 N–H and O–H groups in total. The molecule has 0 saturated carbocycles. The number of hydrogen-bond donors (Lipinski definition) is 3. The van der Waals surface area contributed by atoms with Crippen LogP contribution < -0.4 is 4.90 Å². The number of hydrogen-bond acceptors (Lipinski definition) is 6. The Morgan fingerprint density at radius 2 is 1.83 bits per heavy atom. The summed E-state index contributed by atoms with van der Waals surface area (Å²) < 4.78 is 0. The number of anilines is 1. The Morgan fingerprint density at radius 1 is 1.11 bits per heavy atom. The van der Waals surface area contributed by atoms with E-state index in [1.165, 1.54) is 0 Å². The summed E-state index contributed by atoms with van der Waals surface area (Å²) in [6.07, 6.45) is 3.39. The first-order valence-electron chi connectivity index (χ1n) is 11.9. The normalized spacial score (nSPS) is 15.7. The molecule has 0 amide bonds. The van der Waals surface area contributed by atoms with E-state index in [0.717, 1.165) is 41.0 Å². The van der Waals surface area contributed by atoms with E-state index in [9.17, 15) is 20.2 Å². The zero-order chi connectivity index (χ0) is 24.8. The lowest BCUT2D eigenvalue weighted by Gasteiger charge is -2.32. The number of oxime groups is 1.